The van der Waals surface area contributed by atoms with E-state index >= 15 is 0 Å². The molecule has 0 bridgehead atoms. The molecule has 182 valence electrons. The minimum absolute atomic E-state index is 0.110. The third-order valence-electron chi connectivity index (χ3n) is 7.25. The molecule has 2 aromatic rings. The smallest absolute Gasteiger partial charge is 0.162 e. The zero-order valence-electron chi connectivity index (χ0n) is 20.8. The average molecular weight is 490 g/mol. The molecule has 1 aliphatic heterocycles. The van der Waals surface area contributed by atoms with Crippen LogP contribution in [0.2, 0.25) is 5.02 Å². The van der Waals surface area contributed by atoms with E-state index in [0.29, 0.717) is 30.2 Å². The lowest BCUT2D eigenvalue weighted by Gasteiger charge is -2.44. The summed E-state index contributed by atoms with van der Waals surface area (Å²) in [4.78, 5) is 26.9. The summed E-state index contributed by atoms with van der Waals surface area (Å²) in [6.45, 7) is 8.92. The van der Waals surface area contributed by atoms with E-state index in [2.05, 4.69) is 33.0 Å². The van der Waals surface area contributed by atoms with Crippen molar-refractivity contribution in [3.63, 3.8) is 0 Å². The van der Waals surface area contributed by atoms with Gasteiger partial charge in [0.1, 0.15) is 12.4 Å². The van der Waals surface area contributed by atoms with E-state index in [4.69, 9.17) is 16.3 Å². The summed E-state index contributed by atoms with van der Waals surface area (Å²) in [5, 5.41) is 4.03. The monoisotopic (exact) mass is 489 g/mol. The van der Waals surface area contributed by atoms with E-state index in [1.807, 2.05) is 48.5 Å². The number of hydrogen-bond donors (Lipinski definition) is 1. The molecule has 35 heavy (non-hydrogen) atoms. The zero-order chi connectivity index (χ0) is 25.0. The Bertz CT molecular complexity index is 1220. The largest absolute Gasteiger partial charge is 0.487 e. The number of ketones is 2. The third-order valence-corrected chi connectivity index (χ3v) is 7.54. The van der Waals surface area contributed by atoms with E-state index in [-0.39, 0.29) is 22.4 Å². The predicted octanol–water partition coefficient (Wildman–Crippen LogP) is 6.89. The summed E-state index contributed by atoms with van der Waals surface area (Å²) < 4.78 is 5.97. The van der Waals surface area contributed by atoms with Crippen LogP contribution in [0.25, 0.3) is 0 Å². The predicted molar refractivity (Wildman–Crippen MR) is 138 cm³/mol. The van der Waals surface area contributed by atoms with Crippen molar-refractivity contribution < 1.29 is 14.3 Å². The first-order chi connectivity index (χ1) is 16.5. The summed E-state index contributed by atoms with van der Waals surface area (Å²) in [6, 6.07) is 15.6. The van der Waals surface area contributed by atoms with E-state index in [0.717, 1.165) is 46.5 Å². The van der Waals surface area contributed by atoms with Gasteiger partial charge in [0.15, 0.2) is 11.6 Å². The van der Waals surface area contributed by atoms with Gasteiger partial charge in [0.05, 0.1) is 5.02 Å². The van der Waals surface area contributed by atoms with Crippen LogP contribution in [0.15, 0.2) is 71.1 Å². The molecule has 0 amide bonds. The van der Waals surface area contributed by atoms with Crippen molar-refractivity contribution in [1.29, 1.82) is 0 Å². The second-order valence-corrected chi connectivity index (χ2v) is 12.1. The average Bonchev–Trinajstić information content (AvgIpc) is 2.76. The van der Waals surface area contributed by atoms with E-state index in [9.17, 15) is 9.59 Å². The van der Waals surface area contributed by atoms with Gasteiger partial charge in [-0.05, 0) is 46.9 Å². The minimum Gasteiger partial charge on any atom is -0.487 e. The van der Waals surface area contributed by atoms with Gasteiger partial charge in [0, 0.05) is 41.3 Å². The Morgan fingerprint density at radius 2 is 1.43 bits per heavy atom. The first kappa shape index (κ1) is 23.9. The number of ether oxygens (including phenoxy) is 1. The number of carbonyl (C=O) groups excluding carboxylic acids is 2. The zero-order valence-corrected chi connectivity index (χ0v) is 21.6. The maximum Gasteiger partial charge on any atom is 0.162 e. The Morgan fingerprint density at radius 3 is 1.97 bits per heavy atom. The van der Waals surface area contributed by atoms with Crippen LogP contribution < -0.4 is 10.1 Å². The molecule has 2 aromatic carbocycles. The van der Waals surface area contributed by atoms with Crippen LogP contribution >= 0.6 is 11.6 Å². The van der Waals surface area contributed by atoms with Gasteiger partial charge in [-0.3, -0.25) is 9.59 Å². The topological polar surface area (TPSA) is 55.4 Å². The molecule has 5 heteroatoms. The Kier molecular flexibility index (Phi) is 5.91. The quantitative estimate of drug-likeness (QED) is 0.508. The van der Waals surface area contributed by atoms with Crippen molar-refractivity contribution in [2.75, 3.05) is 0 Å². The maximum atomic E-state index is 13.5. The molecule has 0 unspecified atom stereocenters. The molecule has 0 atom stereocenters. The van der Waals surface area contributed by atoms with Crippen molar-refractivity contribution in [3.05, 3.63) is 87.2 Å². The molecule has 0 fully saturated rings. The summed E-state index contributed by atoms with van der Waals surface area (Å²) in [7, 11) is 0. The third kappa shape index (κ3) is 4.69. The van der Waals surface area contributed by atoms with Gasteiger partial charge in [-0.25, -0.2) is 0 Å². The number of rotatable bonds is 4. The highest BCUT2D eigenvalue weighted by molar-refractivity contribution is 6.32. The Morgan fingerprint density at radius 1 is 0.857 bits per heavy atom. The normalized spacial score (nSPS) is 21.4. The fourth-order valence-corrected chi connectivity index (χ4v) is 6.01. The highest BCUT2D eigenvalue weighted by Crippen LogP contribution is 2.51. The van der Waals surface area contributed by atoms with Gasteiger partial charge in [0.25, 0.3) is 0 Å². The van der Waals surface area contributed by atoms with Crippen molar-refractivity contribution in [2.45, 2.75) is 65.9 Å². The Labute approximate surface area is 212 Å². The first-order valence-electron chi connectivity index (χ1n) is 12.3. The molecule has 5 rings (SSSR count). The molecular weight excluding hydrogens is 458 g/mol. The Hall–Kier alpha value is -2.85. The summed E-state index contributed by atoms with van der Waals surface area (Å²) in [6.07, 6.45) is 2.50. The van der Waals surface area contributed by atoms with Gasteiger partial charge in [0.2, 0.25) is 0 Å². The number of carbonyl (C=O) groups is 2. The van der Waals surface area contributed by atoms with Crippen molar-refractivity contribution in [1.82, 2.24) is 5.32 Å². The molecule has 1 heterocycles. The highest BCUT2D eigenvalue weighted by atomic mass is 35.5. The summed E-state index contributed by atoms with van der Waals surface area (Å²) in [5.74, 6) is 0.412. The van der Waals surface area contributed by atoms with Crippen LogP contribution in [-0.4, -0.2) is 11.6 Å². The molecule has 0 aromatic heterocycles. The van der Waals surface area contributed by atoms with Crippen LogP contribution in [-0.2, 0) is 16.2 Å². The van der Waals surface area contributed by atoms with Gasteiger partial charge >= 0.3 is 0 Å². The van der Waals surface area contributed by atoms with Gasteiger partial charge in [-0.15, -0.1) is 0 Å². The number of nitrogens with one attached hydrogen (secondary N) is 1. The molecule has 2 aliphatic carbocycles. The van der Waals surface area contributed by atoms with E-state index in [1.165, 1.54) is 0 Å². The first-order valence-corrected chi connectivity index (χ1v) is 12.7. The molecule has 0 saturated carbocycles. The molecular formula is C30H32ClNO3. The van der Waals surface area contributed by atoms with Crippen molar-refractivity contribution >= 4 is 23.2 Å². The lowest BCUT2D eigenvalue weighted by molar-refractivity contribution is -0.119. The minimum atomic E-state index is -0.394. The fourth-order valence-electron chi connectivity index (χ4n) is 5.77. The number of dihydropyridines is 1. The fraction of sp³-hybridized carbons (Fsp3) is 0.400. The molecule has 1 N–H and O–H groups in total. The second kappa shape index (κ2) is 8.67. The number of Topliss-reactive ketones (excluding diaryl/α,β-unsaturated/α-hetero) is 2. The second-order valence-electron chi connectivity index (χ2n) is 11.7. The molecule has 0 radical (unpaired) electrons. The van der Waals surface area contributed by atoms with Crippen LogP contribution in [0.4, 0.5) is 0 Å². The number of hydrogen-bond acceptors (Lipinski definition) is 4. The molecule has 3 aliphatic rings. The summed E-state index contributed by atoms with van der Waals surface area (Å²) >= 11 is 6.69. The molecule has 4 nitrogen and oxygen atoms in total. The standard InChI is InChI=1S/C30H32ClNO3/c1-29(2)13-21-27(23(33)15-29)26(28-22(32-21)14-30(3,4)16-24(28)34)19-10-11-25(20(31)12-19)35-17-18-8-6-5-7-9-18/h5-12,26,32H,13-17H2,1-4H3. The SMILES string of the molecule is CC1(C)CC(=O)C2=C(C1)NC1=C(C(=O)CC(C)(C)C1)C2c1ccc(OCc2ccccc2)c(Cl)c1. The lowest BCUT2D eigenvalue weighted by Crippen LogP contribution is -2.42. The van der Waals surface area contributed by atoms with Crippen molar-refractivity contribution in [2.24, 2.45) is 10.8 Å². The van der Waals surface area contributed by atoms with Crippen LogP contribution in [0, 0.1) is 10.8 Å². The Balaban J connectivity index is 1.54. The van der Waals surface area contributed by atoms with E-state index in [1.54, 1.807) is 0 Å². The van der Waals surface area contributed by atoms with Crippen LogP contribution in [0.5, 0.6) is 5.75 Å². The van der Waals surface area contributed by atoms with Gasteiger partial charge < -0.3 is 10.1 Å². The maximum absolute atomic E-state index is 13.5. The summed E-state index contributed by atoms with van der Waals surface area (Å²) in [5.41, 5.74) is 5.06. The number of allylic oxidation sites excluding steroid dienone is 4. The van der Waals surface area contributed by atoms with Gasteiger partial charge in [-0.2, -0.15) is 0 Å². The van der Waals surface area contributed by atoms with Crippen LogP contribution in [0.1, 0.15) is 70.4 Å². The highest BCUT2D eigenvalue weighted by Gasteiger charge is 2.46. The van der Waals surface area contributed by atoms with Gasteiger partial charge in [-0.1, -0.05) is 75.7 Å². The lowest BCUT2D eigenvalue weighted by atomic mass is 9.64. The number of benzene rings is 2. The molecule has 0 spiro atoms. The van der Waals surface area contributed by atoms with Crippen LogP contribution in [0.3, 0.4) is 0 Å². The van der Waals surface area contributed by atoms with E-state index < -0.39 is 5.92 Å². The molecule has 0 saturated heterocycles. The van der Waals surface area contributed by atoms with Crippen molar-refractivity contribution in [3.8, 4) is 5.75 Å². The number of halogens is 1.